The Morgan fingerprint density at radius 3 is 2.32 bits per heavy atom. The predicted octanol–water partition coefficient (Wildman–Crippen LogP) is 5.06. The second-order valence-electron chi connectivity index (χ2n) is 6.39. The standard InChI is InChI=1S/C20H21Cl2NO2/c21-18-10-17(11-19(22)12-18)20(24)23-8-6-16(7-9-23)14-25-13-15-4-2-1-3-5-15/h1-5,10-12,16H,6-9,13-14H2. The van der Waals surface area contributed by atoms with Gasteiger partial charge in [-0.2, -0.15) is 0 Å². The second-order valence-corrected chi connectivity index (χ2v) is 7.27. The minimum Gasteiger partial charge on any atom is -0.376 e. The SMILES string of the molecule is O=C(c1cc(Cl)cc(Cl)c1)N1CCC(COCc2ccccc2)CC1. The zero-order valence-corrected chi connectivity index (χ0v) is 15.5. The van der Waals surface area contributed by atoms with E-state index in [9.17, 15) is 4.79 Å². The van der Waals surface area contributed by atoms with Crippen molar-refractivity contribution >= 4 is 29.1 Å². The van der Waals surface area contributed by atoms with Gasteiger partial charge in [0.2, 0.25) is 0 Å². The zero-order valence-electron chi connectivity index (χ0n) is 14.0. The number of benzene rings is 2. The normalized spacial score (nSPS) is 15.4. The quantitative estimate of drug-likeness (QED) is 0.728. The van der Waals surface area contributed by atoms with Crippen molar-refractivity contribution in [2.24, 2.45) is 5.92 Å². The molecule has 1 saturated heterocycles. The summed E-state index contributed by atoms with van der Waals surface area (Å²) in [5.41, 5.74) is 1.74. The predicted molar refractivity (Wildman–Crippen MR) is 101 cm³/mol. The number of nitrogens with zero attached hydrogens (tertiary/aromatic N) is 1. The summed E-state index contributed by atoms with van der Waals surface area (Å²) in [5.74, 6) is 0.490. The van der Waals surface area contributed by atoms with Gasteiger partial charge >= 0.3 is 0 Å². The third kappa shape index (κ3) is 5.21. The van der Waals surface area contributed by atoms with Crippen LogP contribution in [-0.2, 0) is 11.3 Å². The number of piperidine rings is 1. The minimum atomic E-state index is -0.00643. The van der Waals surface area contributed by atoms with Crippen LogP contribution in [0.5, 0.6) is 0 Å². The first kappa shape index (κ1) is 18.2. The minimum absolute atomic E-state index is 0.00643. The molecule has 5 heteroatoms. The highest BCUT2D eigenvalue weighted by Gasteiger charge is 2.24. The number of carbonyl (C=O) groups excluding carboxylic acids is 1. The maximum atomic E-state index is 12.6. The van der Waals surface area contributed by atoms with Crippen molar-refractivity contribution < 1.29 is 9.53 Å². The van der Waals surface area contributed by atoms with E-state index in [0.29, 0.717) is 28.1 Å². The smallest absolute Gasteiger partial charge is 0.253 e. The van der Waals surface area contributed by atoms with Crippen LogP contribution in [0.3, 0.4) is 0 Å². The highest BCUT2D eigenvalue weighted by Crippen LogP contribution is 2.23. The summed E-state index contributed by atoms with van der Waals surface area (Å²) in [5, 5.41) is 0.972. The number of amides is 1. The molecule has 2 aromatic carbocycles. The van der Waals surface area contributed by atoms with Crippen molar-refractivity contribution in [3.05, 3.63) is 69.7 Å². The molecule has 1 heterocycles. The maximum absolute atomic E-state index is 12.6. The molecule has 1 fully saturated rings. The average Bonchev–Trinajstić information content (AvgIpc) is 2.62. The second kappa shape index (κ2) is 8.70. The summed E-state index contributed by atoms with van der Waals surface area (Å²) in [6.45, 7) is 2.85. The van der Waals surface area contributed by atoms with Crippen LogP contribution < -0.4 is 0 Å². The van der Waals surface area contributed by atoms with Gasteiger partial charge in [-0.15, -0.1) is 0 Å². The van der Waals surface area contributed by atoms with E-state index >= 15 is 0 Å². The summed E-state index contributed by atoms with van der Waals surface area (Å²) in [4.78, 5) is 14.5. The number of hydrogen-bond acceptors (Lipinski definition) is 2. The zero-order chi connectivity index (χ0) is 17.6. The third-order valence-corrected chi connectivity index (χ3v) is 4.91. The molecule has 0 atom stereocenters. The van der Waals surface area contributed by atoms with E-state index in [4.69, 9.17) is 27.9 Å². The number of rotatable bonds is 5. The summed E-state index contributed by atoms with van der Waals surface area (Å²) >= 11 is 12.0. The molecular weight excluding hydrogens is 357 g/mol. The van der Waals surface area contributed by atoms with E-state index in [1.54, 1.807) is 18.2 Å². The Morgan fingerprint density at radius 1 is 1.04 bits per heavy atom. The first-order chi connectivity index (χ1) is 12.1. The molecule has 2 aromatic rings. The van der Waals surface area contributed by atoms with Gasteiger partial charge in [0.1, 0.15) is 0 Å². The van der Waals surface area contributed by atoms with E-state index in [0.717, 1.165) is 32.5 Å². The van der Waals surface area contributed by atoms with Gasteiger partial charge in [-0.05, 0) is 42.5 Å². The molecule has 1 amide bonds. The lowest BCUT2D eigenvalue weighted by Crippen LogP contribution is -2.39. The van der Waals surface area contributed by atoms with Gasteiger partial charge in [-0.1, -0.05) is 53.5 Å². The van der Waals surface area contributed by atoms with Gasteiger partial charge < -0.3 is 9.64 Å². The van der Waals surface area contributed by atoms with Gasteiger partial charge in [0.25, 0.3) is 5.91 Å². The number of carbonyl (C=O) groups is 1. The van der Waals surface area contributed by atoms with Crippen molar-refractivity contribution in [2.75, 3.05) is 19.7 Å². The van der Waals surface area contributed by atoms with Crippen LogP contribution in [0.1, 0.15) is 28.8 Å². The van der Waals surface area contributed by atoms with Crippen molar-refractivity contribution in [3.63, 3.8) is 0 Å². The van der Waals surface area contributed by atoms with Crippen molar-refractivity contribution in [1.82, 2.24) is 4.90 Å². The summed E-state index contributed by atoms with van der Waals surface area (Å²) in [6, 6.07) is 15.2. The number of ether oxygens (including phenoxy) is 1. The van der Waals surface area contributed by atoms with Gasteiger partial charge in [-0.3, -0.25) is 4.79 Å². The molecule has 3 rings (SSSR count). The van der Waals surface area contributed by atoms with E-state index < -0.39 is 0 Å². The molecule has 0 saturated carbocycles. The number of likely N-dealkylation sites (tertiary alicyclic amines) is 1. The highest BCUT2D eigenvalue weighted by molar-refractivity contribution is 6.35. The van der Waals surface area contributed by atoms with Crippen LogP contribution in [0.15, 0.2) is 48.5 Å². The molecule has 0 aliphatic carbocycles. The fourth-order valence-corrected chi connectivity index (χ4v) is 3.61. The van der Waals surface area contributed by atoms with Crippen molar-refractivity contribution in [1.29, 1.82) is 0 Å². The molecule has 0 spiro atoms. The Morgan fingerprint density at radius 2 is 1.68 bits per heavy atom. The highest BCUT2D eigenvalue weighted by atomic mass is 35.5. The lowest BCUT2D eigenvalue weighted by molar-refractivity contribution is 0.0478. The summed E-state index contributed by atoms with van der Waals surface area (Å²) in [6.07, 6.45) is 1.91. The summed E-state index contributed by atoms with van der Waals surface area (Å²) in [7, 11) is 0. The average molecular weight is 378 g/mol. The molecule has 1 aliphatic rings. The fraction of sp³-hybridized carbons (Fsp3) is 0.350. The number of halogens is 2. The van der Waals surface area contributed by atoms with Gasteiger partial charge in [0, 0.05) is 35.3 Å². The van der Waals surface area contributed by atoms with Crippen LogP contribution in [0.2, 0.25) is 10.0 Å². The fourth-order valence-electron chi connectivity index (χ4n) is 3.08. The molecule has 132 valence electrons. The molecule has 25 heavy (non-hydrogen) atoms. The Bertz CT molecular complexity index is 693. The lowest BCUT2D eigenvalue weighted by atomic mass is 9.97. The van der Waals surface area contributed by atoms with Crippen LogP contribution in [0, 0.1) is 5.92 Å². The lowest BCUT2D eigenvalue weighted by Gasteiger charge is -2.32. The van der Waals surface area contributed by atoms with Crippen molar-refractivity contribution in [3.8, 4) is 0 Å². The van der Waals surface area contributed by atoms with E-state index in [-0.39, 0.29) is 5.91 Å². The Balaban J connectivity index is 1.46. The Hall–Kier alpha value is -1.55. The van der Waals surface area contributed by atoms with Crippen LogP contribution in [0.25, 0.3) is 0 Å². The van der Waals surface area contributed by atoms with E-state index in [1.165, 1.54) is 5.56 Å². The first-order valence-corrected chi connectivity index (χ1v) is 9.24. The topological polar surface area (TPSA) is 29.5 Å². The molecule has 0 aromatic heterocycles. The molecular formula is C20H21Cl2NO2. The van der Waals surface area contributed by atoms with Gasteiger partial charge in [0.15, 0.2) is 0 Å². The van der Waals surface area contributed by atoms with Gasteiger partial charge in [0.05, 0.1) is 6.61 Å². The molecule has 0 bridgehead atoms. The van der Waals surface area contributed by atoms with Crippen molar-refractivity contribution in [2.45, 2.75) is 19.4 Å². The van der Waals surface area contributed by atoms with Gasteiger partial charge in [-0.25, -0.2) is 0 Å². The Kier molecular flexibility index (Phi) is 6.35. The third-order valence-electron chi connectivity index (χ3n) is 4.48. The molecule has 3 nitrogen and oxygen atoms in total. The van der Waals surface area contributed by atoms with E-state index in [2.05, 4.69) is 12.1 Å². The monoisotopic (exact) mass is 377 g/mol. The van der Waals surface area contributed by atoms with Crippen LogP contribution in [0.4, 0.5) is 0 Å². The molecule has 1 aliphatic heterocycles. The Labute approximate surface area is 158 Å². The maximum Gasteiger partial charge on any atom is 0.253 e. The first-order valence-electron chi connectivity index (χ1n) is 8.49. The largest absolute Gasteiger partial charge is 0.376 e. The summed E-state index contributed by atoms with van der Waals surface area (Å²) < 4.78 is 5.83. The molecule has 0 N–H and O–H groups in total. The molecule has 0 unspecified atom stereocenters. The van der Waals surface area contributed by atoms with Crippen LogP contribution >= 0.6 is 23.2 Å². The molecule has 0 radical (unpaired) electrons. The number of hydrogen-bond donors (Lipinski definition) is 0. The van der Waals surface area contributed by atoms with Crippen LogP contribution in [-0.4, -0.2) is 30.5 Å². The van der Waals surface area contributed by atoms with E-state index in [1.807, 2.05) is 23.1 Å².